The molecule has 4 saturated carbocycles. The molecule has 9 N–H and O–H groups in total. The van der Waals surface area contributed by atoms with Crippen LogP contribution in [0.25, 0.3) is 0 Å². The van der Waals surface area contributed by atoms with Crippen LogP contribution in [0.5, 0.6) is 0 Å². The maximum Gasteiger partial charge on any atom is 0.189 e. The zero-order chi connectivity index (χ0) is 44.7. The Morgan fingerprint density at radius 1 is 0.629 bits per heavy atom. The fourth-order valence-electron chi connectivity index (χ4n) is 13.8. The van der Waals surface area contributed by atoms with Crippen LogP contribution in [0.2, 0.25) is 0 Å². The molecule has 4 aliphatic heterocycles. The molecule has 62 heavy (non-hydrogen) atoms. The van der Waals surface area contributed by atoms with E-state index in [1.54, 1.807) is 6.92 Å². The molecule has 4 heterocycles. The zero-order valence-corrected chi connectivity index (χ0v) is 37.0. The summed E-state index contributed by atoms with van der Waals surface area (Å²) >= 11 is 0. The van der Waals surface area contributed by atoms with E-state index >= 15 is 0 Å². The van der Waals surface area contributed by atoms with E-state index < -0.39 is 111 Å². The first-order valence-electron chi connectivity index (χ1n) is 23.4. The molecule has 17 heteroatoms. The molecule has 356 valence electrons. The highest BCUT2D eigenvalue weighted by atomic mass is 16.8. The fraction of sp³-hybridized carbons (Fsp3) is 0.978. The van der Waals surface area contributed by atoms with Crippen molar-refractivity contribution in [2.45, 2.75) is 216 Å². The quantitative estimate of drug-likeness (QED) is 0.143. The Morgan fingerprint density at radius 3 is 1.89 bits per heavy atom. The lowest BCUT2D eigenvalue weighted by molar-refractivity contribution is -0.370. The van der Waals surface area contributed by atoms with Crippen LogP contribution in [0.15, 0.2) is 0 Å². The van der Waals surface area contributed by atoms with E-state index in [0.717, 1.165) is 44.9 Å². The molecule has 8 aliphatic rings. The number of ether oxygens (including phenoxy) is 7. The van der Waals surface area contributed by atoms with Crippen molar-refractivity contribution in [3.63, 3.8) is 0 Å². The molecule has 0 spiro atoms. The Morgan fingerprint density at radius 2 is 1.24 bits per heavy atom. The van der Waals surface area contributed by atoms with Crippen molar-refractivity contribution in [3.8, 4) is 0 Å². The number of fused-ring (bicyclic) bond motifs is 5. The van der Waals surface area contributed by atoms with E-state index in [4.69, 9.17) is 33.2 Å². The second-order valence-corrected chi connectivity index (χ2v) is 21.1. The largest absolute Gasteiger partial charge is 0.394 e. The number of aliphatic hydroxyl groups is 9. The average molecular weight is 887 g/mol. The predicted octanol–water partition coefficient (Wildman–Crippen LogP) is 0.483. The van der Waals surface area contributed by atoms with Crippen LogP contribution in [0.3, 0.4) is 0 Å². The lowest BCUT2D eigenvalue weighted by atomic mass is 9.44. The Labute approximate surface area is 364 Å². The van der Waals surface area contributed by atoms with Crippen LogP contribution in [0.4, 0.5) is 0 Å². The van der Waals surface area contributed by atoms with Gasteiger partial charge in [0.05, 0.1) is 31.0 Å². The van der Waals surface area contributed by atoms with Crippen LogP contribution in [0.1, 0.15) is 106 Å². The van der Waals surface area contributed by atoms with Gasteiger partial charge in [-0.15, -0.1) is 0 Å². The van der Waals surface area contributed by atoms with Crippen molar-refractivity contribution in [3.05, 3.63) is 0 Å². The first-order chi connectivity index (χ1) is 29.3. The second-order valence-electron chi connectivity index (χ2n) is 21.1. The summed E-state index contributed by atoms with van der Waals surface area (Å²) in [6.45, 7) is 11.6. The van der Waals surface area contributed by atoms with Gasteiger partial charge < -0.3 is 79.1 Å². The smallest absolute Gasteiger partial charge is 0.189 e. The normalized spacial score (nSPS) is 56.4. The summed E-state index contributed by atoms with van der Waals surface area (Å²) in [5, 5.41) is 94.4. The van der Waals surface area contributed by atoms with Crippen LogP contribution in [-0.4, -0.2) is 169 Å². The van der Waals surface area contributed by atoms with Gasteiger partial charge in [0.15, 0.2) is 25.2 Å². The number of carbonyl (C=O) groups excluding carboxylic acids is 1. The maximum atomic E-state index is 14.4. The van der Waals surface area contributed by atoms with Crippen molar-refractivity contribution in [2.75, 3.05) is 6.61 Å². The zero-order valence-electron chi connectivity index (χ0n) is 37.0. The van der Waals surface area contributed by atoms with E-state index in [1.807, 2.05) is 0 Å². The Kier molecular flexibility index (Phi) is 14.0. The van der Waals surface area contributed by atoms with Crippen LogP contribution < -0.4 is 0 Å². The van der Waals surface area contributed by atoms with Crippen molar-refractivity contribution >= 4 is 5.78 Å². The standard InChI is InChI=1S/C45H74O17/c1-18-7-10-29(59-40(18)62-42-38(55)35(52)32(49)21(4)57-42)19(2)24-8-9-25-23-16-28(47)27-15-22(11-13-45(27,6)26(23)12-14-44(24,25)5)58-43-39(36(53)33(50)30(17-46)60-43)61-41-37(54)34(51)31(48)20(3)56-41/h18-27,29-43,46,48-55H,7-17H2,1-6H3/t18-,19+,20+,21+,22+,23+,24-,25+,26+,27-,29+,30-,31+,32+,33-,34-,35-,36+,37-,38-,39-,40+,41+,42+,43-,44-,45-/m1/s1. The topological polar surface area (TPSA) is 264 Å². The molecule has 0 aromatic carbocycles. The molecule has 0 bridgehead atoms. The van der Waals surface area contributed by atoms with Gasteiger partial charge in [-0.2, -0.15) is 0 Å². The summed E-state index contributed by atoms with van der Waals surface area (Å²) in [6, 6.07) is 0. The molecular formula is C45H74O17. The minimum atomic E-state index is -1.67. The number of rotatable bonds is 9. The Bertz CT molecular complexity index is 1560. The highest BCUT2D eigenvalue weighted by Crippen LogP contribution is 2.68. The van der Waals surface area contributed by atoms with Crippen molar-refractivity contribution < 1.29 is 83.9 Å². The predicted molar refractivity (Wildman–Crippen MR) is 215 cm³/mol. The lowest BCUT2D eigenvalue weighted by Crippen LogP contribution is -2.64. The third kappa shape index (κ3) is 8.27. The number of hydrogen-bond acceptors (Lipinski definition) is 17. The SMILES string of the molecule is C[C@H]([C@@H]1CC[C@@H](C)[C@H](O[C@@H]2O[C@@H](C)[C@H](O)[C@@H](O)[C@H]2O)O1)[C@H]1CC[C@H]2[C@@H]3CC(=O)[C@H]4C[C@@H](O[C@@H]5O[C@H](CO)[C@@H](O)[C@H](O)[C@H]5O[C@@H]5O[C@@H](C)[C@H](O)[C@@H](O)[C@H]5O)CC[C@]4(C)[C@H]3CC[C@]12C. The third-order valence-electron chi connectivity index (χ3n) is 17.7. The highest BCUT2D eigenvalue weighted by molar-refractivity contribution is 5.83. The molecule has 0 unspecified atom stereocenters. The van der Waals surface area contributed by atoms with E-state index in [2.05, 4.69) is 27.7 Å². The summed E-state index contributed by atoms with van der Waals surface area (Å²) in [4.78, 5) is 14.4. The molecule has 0 amide bonds. The molecule has 0 aromatic heterocycles. The Hall–Kier alpha value is -0.970. The summed E-state index contributed by atoms with van der Waals surface area (Å²) in [7, 11) is 0. The summed E-state index contributed by atoms with van der Waals surface area (Å²) < 4.78 is 42.7. The molecule has 4 saturated heterocycles. The van der Waals surface area contributed by atoms with Gasteiger partial charge in [-0.25, -0.2) is 0 Å². The van der Waals surface area contributed by atoms with Crippen molar-refractivity contribution in [1.82, 2.24) is 0 Å². The minimum Gasteiger partial charge on any atom is -0.394 e. The van der Waals surface area contributed by atoms with Gasteiger partial charge in [0.25, 0.3) is 0 Å². The van der Waals surface area contributed by atoms with Gasteiger partial charge in [0, 0.05) is 18.3 Å². The van der Waals surface area contributed by atoms with Gasteiger partial charge in [-0.3, -0.25) is 4.79 Å². The van der Waals surface area contributed by atoms with Crippen LogP contribution >= 0.6 is 0 Å². The van der Waals surface area contributed by atoms with Gasteiger partial charge in [-0.1, -0.05) is 27.7 Å². The molecule has 17 nitrogen and oxygen atoms in total. The maximum absolute atomic E-state index is 14.4. The van der Waals surface area contributed by atoms with Gasteiger partial charge in [0.1, 0.15) is 66.8 Å². The summed E-state index contributed by atoms with van der Waals surface area (Å²) in [5.41, 5.74) is -0.222. The average Bonchev–Trinajstić information content (AvgIpc) is 3.60. The number of hydrogen-bond donors (Lipinski definition) is 9. The monoisotopic (exact) mass is 886 g/mol. The molecule has 8 rings (SSSR count). The van der Waals surface area contributed by atoms with E-state index in [0.29, 0.717) is 37.0 Å². The number of carbonyl (C=O) groups is 1. The molecule has 8 fully saturated rings. The number of ketones is 1. The number of aliphatic hydroxyl groups excluding tert-OH is 9. The lowest BCUT2D eigenvalue weighted by Gasteiger charge is -2.61. The third-order valence-corrected chi connectivity index (χ3v) is 17.7. The first kappa shape index (κ1) is 47.5. The molecular weight excluding hydrogens is 812 g/mol. The van der Waals surface area contributed by atoms with Crippen molar-refractivity contribution in [2.24, 2.45) is 52.3 Å². The van der Waals surface area contributed by atoms with Gasteiger partial charge >= 0.3 is 0 Å². The van der Waals surface area contributed by atoms with Crippen LogP contribution in [-0.2, 0) is 38.0 Å². The van der Waals surface area contributed by atoms with Gasteiger partial charge in [0.2, 0.25) is 0 Å². The van der Waals surface area contributed by atoms with E-state index in [1.165, 1.54) is 6.92 Å². The highest BCUT2D eigenvalue weighted by Gasteiger charge is 2.64. The minimum absolute atomic E-state index is 0.0229. The fourth-order valence-corrected chi connectivity index (χ4v) is 13.8. The molecule has 0 radical (unpaired) electrons. The molecule has 27 atom stereocenters. The van der Waals surface area contributed by atoms with E-state index in [9.17, 15) is 50.8 Å². The summed E-state index contributed by atoms with van der Waals surface area (Å²) in [5.74, 6) is 1.60. The van der Waals surface area contributed by atoms with Gasteiger partial charge in [-0.05, 0) is 112 Å². The summed E-state index contributed by atoms with van der Waals surface area (Å²) in [6.07, 6.45) is -13.0. The first-order valence-corrected chi connectivity index (χ1v) is 23.4. The van der Waals surface area contributed by atoms with E-state index in [-0.39, 0.29) is 46.4 Å². The Balaban J connectivity index is 0.917. The van der Waals surface area contributed by atoms with Crippen LogP contribution in [0, 0.1) is 52.3 Å². The second kappa shape index (κ2) is 18.3. The van der Waals surface area contributed by atoms with Crippen molar-refractivity contribution in [1.29, 1.82) is 0 Å². The molecule has 4 aliphatic carbocycles. The number of Topliss-reactive ketones (excluding diaryl/α,β-unsaturated/α-hetero) is 1. The molecule has 0 aromatic rings.